The first kappa shape index (κ1) is 20.2. The normalized spacial score (nSPS) is 17.2. The Morgan fingerprint density at radius 1 is 1.12 bits per heavy atom. The van der Waals surface area contributed by atoms with Gasteiger partial charge in [-0.2, -0.15) is 0 Å². The summed E-state index contributed by atoms with van der Waals surface area (Å²) in [5.41, 5.74) is 5.30. The van der Waals surface area contributed by atoms with Crippen molar-refractivity contribution in [3.8, 4) is 11.4 Å². The molecule has 0 radical (unpaired) electrons. The lowest BCUT2D eigenvalue weighted by molar-refractivity contribution is -0.533. The van der Waals surface area contributed by atoms with Gasteiger partial charge in [0.05, 0.1) is 19.2 Å². The van der Waals surface area contributed by atoms with Gasteiger partial charge in [0.1, 0.15) is 12.9 Å². The topological polar surface area (TPSA) is 61.5 Å². The third-order valence-electron chi connectivity index (χ3n) is 6.10. The van der Waals surface area contributed by atoms with Gasteiger partial charge in [0.2, 0.25) is 5.91 Å². The van der Waals surface area contributed by atoms with Gasteiger partial charge in [0.15, 0.2) is 12.0 Å². The first-order valence-electron chi connectivity index (χ1n) is 10.9. The molecule has 5 rings (SSSR count). The Balaban J connectivity index is 1.43. The molecule has 1 unspecified atom stereocenters. The molecule has 3 heterocycles. The Hall–Kier alpha value is -3.67. The average Bonchev–Trinajstić information content (AvgIpc) is 3.36. The molecular formula is C26H26N5O+. The van der Waals surface area contributed by atoms with Gasteiger partial charge < -0.3 is 0 Å². The third kappa shape index (κ3) is 3.62. The Bertz CT molecular complexity index is 1240. The van der Waals surface area contributed by atoms with E-state index in [2.05, 4.69) is 64.8 Å². The van der Waals surface area contributed by atoms with Crippen LogP contribution in [-0.2, 0) is 17.8 Å². The van der Waals surface area contributed by atoms with Gasteiger partial charge in [-0.25, -0.2) is 19.5 Å². The van der Waals surface area contributed by atoms with Gasteiger partial charge in [0.25, 0.3) is 6.17 Å². The zero-order chi connectivity index (χ0) is 22.2. The Morgan fingerprint density at radius 2 is 1.91 bits per heavy atom. The summed E-state index contributed by atoms with van der Waals surface area (Å²) < 4.78 is 2.07. The van der Waals surface area contributed by atoms with Crippen molar-refractivity contribution in [1.29, 1.82) is 0 Å². The summed E-state index contributed by atoms with van der Waals surface area (Å²) in [5.74, 6) is 1.81. The van der Waals surface area contributed by atoms with Gasteiger partial charge in [0, 0.05) is 22.9 Å². The third-order valence-corrected chi connectivity index (χ3v) is 6.10. The molecule has 1 amide bonds. The molecule has 2 aliphatic heterocycles. The zero-order valence-electron chi connectivity index (χ0n) is 18.6. The van der Waals surface area contributed by atoms with Crippen molar-refractivity contribution < 1.29 is 9.37 Å². The molecule has 0 N–H and O–H groups in total. The smallest absolute Gasteiger partial charge is 0.272 e. The summed E-state index contributed by atoms with van der Waals surface area (Å²) in [6, 6.07) is 16.5. The van der Waals surface area contributed by atoms with E-state index in [9.17, 15) is 4.79 Å². The lowest BCUT2D eigenvalue weighted by Crippen LogP contribution is -2.26. The molecule has 160 valence electrons. The van der Waals surface area contributed by atoms with Crippen LogP contribution in [0.25, 0.3) is 11.4 Å². The van der Waals surface area contributed by atoms with Crippen molar-refractivity contribution in [1.82, 2.24) is 9.97 Å². The second-order valence-electron chi connectivity index (χ2n) is 8.67. The fourth-order valence-corrected chi connectivity index (χ4v) is 4.34. The van der Waals surface area contributed by atoms with E-state index in [1.807, 2.05) is 31.6 Å². The Morgan fingerprint density at radius 3 is 2.62 bits per heavy atom. The molecule has 0 fully saturated rings. The Kier molecular flexibility index (Phi) is 5.13. The van der Waals surface area contributed by atoms with Crippen LogP contribution in [0.15, 0.2) is 59.7 Å². The summed E-state index contributed by atoms with van der Waals surface area (Å²) >= 11 is 0. The highest BCUT2D eigenvalue weighted by Gasteiger charge is 2.30. The van der Waals surface area contributed by atoms with E-state index >= 15 is 0 Å². The van der Waals surface area contributed by atoms with Crippen LogP contribution in [0.1, 0.15) is 48.2 Å². The Labute approximate surface area is 188 Å². The van der Waals surface area contributed by atoms with Gasteiger partial charge in [-0.1, -0.05) is 50.2 Å². The molecule has 2 aromatic carbocycles. The summed E-state index contributed by atoms with van der Waals surface area (Å²) in [6.07, 6.45) is 5.96. The van der Waals surface area contributed by atoms with Crippen molar-refractivity contribution in [2.24, 2.45) is 4.99 Å². The number of hydrogen-bond acceptors (Lipinski definition) is 4. The number of aliphatic imine (C=N–C) groups is 1. The fourth-order valence-electron chi connectivity index (χ4n) is 4.34. The van der Waals surface area contributed by atoms with E-state index in [0.717, 1.165) is 28.1 Å². The van der Waals surface area contributed by atoms with Crippen LogP contribution in [0.5, 0.6) is 0 Å². The van der Waals surface area contributed by atoms with Gasteiger partial charge in [-0.05, 0) is 29.2 Å². The summed E-state index contributed by atoms with van der Waals surface area (Å²) in [4.78, 5) is 28.5. The number of amides is 1. The molecule has 0 aliphatic carbocycles. The minimum absolute atomic E-state index is 0.0227. The van der Waals surface area contributed by atoms with Crippen molar-refractivity contribution in [2.75, 3.05) is 11.9 Å². The van der Waals surface area contributed by atoms with Crippen LogP contribution in [0.4, 0.5) is 5.82 Å². The minimum atomic E-state index is 0.0227. The standard InChI is InChI=1S/C26H26N5O/c1-17(2)21-6-4-5-7-22(21)24-28-15-20-14-23(32)31(26(20)29-24)16-18-8-10-19(11-9-18)25-27-12-13-30(25)3/h4-13,15,17,25H,14,16H2,1-3H3/q+1. The first-order valence-corrected chi connectivity index (χ1v) is 10.9. The maximum Gasteiger partial charge on any atom is 0.272 e. The second kappa shape index (κ2) is 8.11. The lowest BCUT2D eigenvalue weighted by atomic mass is 9.97. The number of rotatable bonds is 5. The highest BCUT2D eigenvalue weighted by Crippen LogP contribution is 2.33. The summed E-state index contributed by atoms with van der Waals surface area (Å²) in [6.45, 7) is 4.82. The molecule has 2 aliphatic rings. The van der Waals surface area contributed by atoms with E-state index in [-0.39, 0.29) is 12.1 Å². The average molecular weight is 425 g/mol. The molecule has 1 aromatic heterocycles. The van der Waals surface area contributed by atoms with Crippen LogP contribution in [0.3, 0.4) is 0 Å². The second-order valence-corrected chi connectivity index (χ2v) is 8.67. The predicted molar refractivity (Wildman–Crippen MR) is 126 cm³/mol. The van der Waals surface area contributed by atoms with Crippen molar-refractivity contribution in [2.45, 2.75) is 38.9 Å². The summed E-state index contributed by atoms with van der Waals surface area (Å²) in [5, 5.41) is 0. The maximum absolute atomic E-state index is 12.8. The van der Waals surface area contributed by atoms with E-state index in [1.54, 1.807) is 11.1 Å². The highest BCUT2D eigenvalue weighted by molar-refractivity contribution is 6.14. The number of hydrogen-bond donors (Lipinski definition) is 0. The van der Waals surface area contributed by atoms with Gasteiger partial charge in [-0.3, -0.25) is 9.69 Å². The number of aromatic nitrogens is 2. The SMILES string of the molecule is CC(C)c1ccccc1-c1ncc2c(n1)N(Cc1ccc(C3N=CC=[N+]3C)cc1)C(=O)C2. The molecule has 32 heavy (non-hydrogen) atoms. The monoisotopic (exact) mass is 424 g/mol. The number of fused-ring (bicyclic) bond motifs is 1. The largest absolute Gasteiger partial charge is 0.292 e. The van der Waals surface area contributed by atoms with Crippen LogP contribution >= 0.6 is 0 Å². The van der Waals surface area contributed by atoms with E-state index in [4.69, 9.17) is 4.98 Å². The first-order chi connectivity index (χ1) is 15.5. The molecule has 6 nitrogen and oxygen atoms in total. The molecule has 6 heteroatoms. The quantitative estimate of drug-likeness (QED) is 0.578. The number of anilines is 1. The van der Waals surface area contributed by atoms with Crippen LogP contribution in [0.2, 0.25) is 0 Å². The highest BCUT2D eigenvalue weighted by atomic mass is 16.2. The molecule has 3 aromatic rings. The van der Waals surface area contributed by atoms with E-state index < -0.39 is 0 Å². The van der Waals surface area contributed by atoms with E-state index in [1.165, 1.54) is 5.56 Å². The van der Waals surface area contributed by atoms with Gasteiger partial charge >= 0.3 is 0 Å². The fraction of sp³-hybridized carbons (Fsp3) is 0.269. The van der Waals surface area contributed by atoms with Crippen LogP contribution in [0, 0.1) is 0 Å². The number of benzene rings is 2. The molecule has 0 saturated heterocycles. The molecule has 0 bridgehead atoms. The molecule has 1 atom stereocenters. The molecular weight excluding hydrogens is 398 g/mol. The van der Waals surface area contributed by atoms with Crippen molar-refractivity contribution in [3.63, 3.8) is 0 Å². The minimum Gasteiger partial charge on any atom is -0.292 e. The zero-order valence-corrected chi connectivity index (χ0v) is 18.6. The van der Waals surface area contributed by atoms with Crippen molar-refractivity contribution >= 4 is 24.2 Å². The predicted octanol–water partition coefficient (Wildman–Crippen LogP) is 4.15. The number of nitrogens with zero attached hydrogens (tertiary/aromatic N) is 5. The molecule has 0 saturated carbocycles. The van der Waals surface area contributed by atoms with Crippen LogP contribution in [-0.4, -0.2) is 39.9 Å². The number of carbonyl (C=O) groups excluding carboxylic acids is 1. The molecule has 0 spiro atoms. The van der Waals surface area contributed by atoms with Crippen molar-refractivity contribution in [3.05, 3.63) is 77.0 Å². The maximum atomic E-state index is 12.8. The lowest BCUT2D eigenvalue weighted by Gasteiger charge is -2.18. The van der Waals surface area contributed by atoms with Gasteiger partial charge in [-0.15, -0.1) is 0 Å². The van der Waals surface area contributed by atoms with E-state index in [0.29, 0.717) is 24.7 Å². The number of carbonyl (C=O) groups is 1. The van der Waals surface area contributed by atoms with Crippen LogP contribution < -0.4 is 4.90 Å². The summed E-state index contributed by atoms with van der Waals surface area (Å²) in [7, 11) is 2.01.